The molecule has 1 atom stereocenters. The van der Waals surface area contributed by atoms with E-state index >= 15 is 0 Å². The van der Waals surface area contributed by atoms with Gasteiger partial charge in [-0.3, -0.25) is 4.79 Å². The largest absolute Gasteiger partial charge is 0.299 e. The fraction of sp³-hybridized carbons (Fsp3) is 0.300. The average Bonchev–Trinajstić information content (AvgIpc) is 2.09. The molecule has 3 heteroatoms. The van der Waals surface area contributed by atoms with Gasteiger partial charge in [0.1, 0.15) is 11.6 Å². The molecule has 1 unspecified atom stereocenters. The maximum Gasteiger partial charge on any atom is 0.140 e. The molecule has 0 bridgehead atoms. The van der Waals surface area contributed by atoms with Crippen molar-refractivity contribution in [3.63, 3.8) is 0 Å². The summed E-state index contributed by atoms with van der Waals surface area (Å²) in [5.74, 6) is -0.00840. The Hall–Kier alpha value is -0.700. The van der Waals surface area contributed by atoms with Gasteiger partial charge in [0.25, 0.3) is 0 Å². The van der Waals surface area contributed by atoms with Gasteiger partial charge in [-0.15, -0.1) is 0 Å². The molecule has 0 saturated heterocycles. The molecule has 1 aromatic carbocycles. The van der Waals surface area contributed by atoms with Crippen LogP contribution in [0.1, 0.15) is 24.3 Å². The van der Waals surface area contributed by atoms with Crippen LogP contribution in [0, 0.1) is 5.82 Å². The fourth-order valence-corrected chi connectivity index (χ4v) is 1.88. The first-order valence-corrected chi connectivity index (χ1v) is 4.95. The summed E-state index contributed by atoms with van der Waals surface area (Å²) in [4.78, 5) is 11.1. The Labute approximate surface area is 84.1 Å². The zero-order valence-corrected chi connectivity index (χ0v) is 8.47. The van der Waals surface area contributed by atoms with Gasteiger partial charge in [0.05, 0.1) is 4.47 Å². The summed E-state index contributed by atoms with van der Waals surface area (Å²) >= 11 is 3.10. The van der Waals surface area contributed by atoms with E-state index in [9.17, 15) is 9.18 Å². The molecular formula is C10H8BrFO. The topological polar surface area (TPSA) is 17.1 Å². The summed E-state index contributed by atoms with van der Waals surface area (Å²) in [5.41, 5.74) is 0.921. The zero-order valence-electron chi connectivity index (χ0n) is 6.89. The second kappa shape index (κ2) is 3.22. The van der Waals surface area contributed by atoms with E-state index in [1.807, 2.05) is 0 Å². The number of ketones is 1. The SMILES string of the molecule is O=C1CCC1c1ccc(F)c(Br)c1. The van der Waals surface area contributed by atoms with Crippen LogP contribution in [0.15, 0.2) is 22.7 Å². The maximum atomic E-state index is 12.8. The number of hydrogen-bond donors (Lipinski definition) is 0. The minimum Gasteiger partial charge on any atom is -0.299 e. The lowest BCUT2D eigenvalue weighted by Gasteiger charge is -2.24. The summed E-state index contributed by atoms with van der Waals surface area (Å²) in [6.07, 6.45) is 1.57. The number of benzene rings is 1. The summed E-state index contributed by atoms with van der Waals surface area (Å²) in [5, 5.41) is 0. The lowest BCUT2D eigenvalue weighted by molar-refractivity contribution is -0.125. The Bertz CT molecular complexity index is 362. The zero-order chi connectivity index (χ0) is 9.42. The summed E-state index contributed by atoms with van der Waals surface area (Å²) in [7, 11) is 0. The van der Waals surface area contributed by atoms with Crippen LogP contribution >= 0.6 is 15.9 Å². The van der Waals surface area contributed by atoms with Gasteiger partial charge in [-0.1, -0.05) is 6.07 Å². The van der Waals surface area contributed by atoms with Crippen LogP contribution in [-0.4, -0.2) is 5.78 Å². The van der Waals surface area contributed by atoms with Crippen molar-refractivity contribution >= 4 is 21.7 Å². The molecular weight excluding hydrogens is 235 g/mol. The summed E-state index contributed by atoms with van der Waals surface area (Å²) < 4.78 is 13.3. The van der Waals surface area contributed by atoms with E-state index in [1.165, 1.54) is 6.07 Å². The van der Waals surface area contributed by atoms with Gasteiger partial charge < -0.3 is 0 Å². The Balaban J connectivity index is 2.31. The molecule has 13 heavy (non-hydrogen) atoms. The van der Waals surface area contributed by atoms with Crippen LogP contribution in [0.3, 0.4) is 0 Å². The van der Waals surface area contributed by atoms with Gasteiger partial charge >= 0.3 is 0 Å². The van der Waals surface area contributed by atoms with Gasteiger partial charge in [0.15, 0.2) is 0 Å². The third-order valence-corrected chi connectivity index (χ3v) is 3.02. The van der Waals surface area contributed by atoms with Crippen LogP contribution in [0.4, 0.5) is 4.39 Å². The number of hydrogen-bond acceptors (Lipinski definition) is 1. The molecule has 0 spiro atoms. The molecule has 0 radical (unpaired) electrons. The smallest absolute Gasteiger partial charge is 0.140 e. The van der Waals surface area contributed by atoms with E-state index < -0.39 is 0 Å². The van der Waals surface area contributed by atoms with E-state index in [4.69, 9.17) is 0 Å². The summed E-state index contributed by atoms with van der Waals surface area (Å²) in [6, 6.07) is 4.77. The molecule has 0 heterocycles. The third-order valence-electron chi connectivity index (χ3n) is 2.41. The molecule has 1 aromatic rings. The molecule has 1 aliphatic carbocycles. The molecule has 0 aliphatic heterocycles. The van der Waals surface area contributed by atoms with E-state index in [0.717, 1.165) is 12.0 Å². The van der Waals surface area contributed by atoms with Gasteiger partial charge in [-0.25, -0.2) is 4.39 Å². The predicted octanol–water partition coefficient (Wildman–Crippen LogP) is 3.03. The number of halogens is 2. The molecule has 1 fully saturated rings. The lowest BCUT2D eigenvalue weighted by atomic mass is 9.79. The first-order chi connectivity index (χ1) is 6.18. The van der Waals surface area contributed by atoms with Gasteiger partial charge in [0.2, 0.25) is 0 Å². The highest BCUT2D eigenvalue weighted by molar-refractivity contribution is 9.10. The number of carbonyl (C=O) groups is 1. The monoisotopic (exact) mass is 242 g/mol. The number of carbonyl (C=O) groups excluding carboxylic acids is 1. The third kappa shape index (κ3) is 1.53. The molecule has 0 N–H and O–H groups in total. The molecule has 1 nitrogen and oxygen atoms in total. The van der Waals surface area contributed by atoms with Crippen molar-refractivity contribution < 1.29 is 9.18 Å². The molecule has 1 aliphatic rings. The van der Waals surface area contributed by atoms with Crippen molar-refractivity contribution in [1.82, 2.24) is 0 Å². The highest BCUT2D eigenvalue weighted by atomic mass is 79.9. The molecule has 0 amide bonds. The van der Waals surface area contributed by atoms with Crippen LogP contribution in [0.2, 0.25) is 0 Å². The van der Waals surface area contributed by atoms with Crippen LogP contribution in [0.5, 0.6) is 0 Å². The normalized spacial score (nSPS) is 21.4. The quantitative estimate of drug-likeness (QED) is 0.740. The highest BCUT2D eigenvalue weighted by Crippen LogP contribution is 2.34. The Morgan fingerprint density at radius 1 is 1.46 bits per heavy atom. The van der Waals surface area contributed by atoms with Crippen LogP contribution in [-0.2, 0) is 4.79 Å². The Morgan fingerprint density at radius 2 is 2.23 bits per heavy atom. The van der Waals surface area contributed by atoms with Gasteiger partial charge in [0, 0.05) is 12.3 Å². The van der Waals surface area contributed by atoms with Crippen LogP contribution in [0.25, 0.3) is 0 Å². The fourth-order valence-electron chi connectivity index (χ4n) is 1.49. The Kier molecular flexibility index (Phi) is 2.20. The van der Waals surface area contributed by atoms with E-state index in [0.29, 0.717) is 10.9 Å². The van der Waals surface area contributed by atoms with Crippen LogP contribution < -0.4 is 0 Å². The first kappa shape index (κ1) is 8.88. The minimum absolute atomic E-state index is 0.0110. The minimum atomic E-state index is -0.282. The standard InChI is InChI=1S/C10H8BrFO/c11-8-5-6(1-3-9(8)12)7-2-4-10(7)13/h1,3,5,7H,2,4H2. The molecule has 0 aromatic heterocycles. The maximum absolute atomic E-state index is 12.8. The van der Waals surface area contributed by atoms with E-state index in [2.05, 4.69) is 15.9 Å². The molecule has 68 valence electrons. The average molecular weight is 243 g/mol. The highest BCUT2D eigenvalue weighted by Gasteiger charge is 2.29. The van der Waals surface area contributed by atoms with Crippen molar-refractivity contribution in [3.05, 3.63) is 34.1 Å². The number of rotatable bonds is 1. The van der Waals surface area contributed by atoms with Crippen molar-refractivity contribution in [2.45, 2.75) is 18.8 Å². The van der Waals surface area contributed by atoms with Gasteiger partial charge in [-0.05, 0) is 40.0 Å². The lowest BCUT2D eigenvalue weighted by Crippen LogP contribution is -2.23. The second-order valence-electron chi connectivity index (χ2n) is 3.23. The van der Waals surface area contributed by atoms with Gasteiger partial charge in [-0.2, -0.15) is 0 Å². The Morgan fingerprint density at radius 3 is 2.69 bits per heavy atom. The first-order valence-electron chi connectivity index (χ1n) is 4.16. The molecule has 2 rings (SSSR count). The van der Waals surface area contributed by atoms with Crippen molar-refractivity contribution in [1.29, 1.82) is 0 Å². The summed E-state index contributed by atoms with van der Waals surface area (Å²) in [6.45, 7) is 0. The van der Waals surface area contributed by atoms with E-state index in [1.54, 1.807) is 12.1 Å². The van der Waals surface area contributed by atoms with E-state index in [-0.39, 0.29) is 17.5 Å². The predicted molar refractivity (Wildman–Crippen MR) is 51.1 cm³/mol. The molecule has 1 saturated carbocycles. The second-order valence-corrected chi connectivity index (χ2v) is 4.09. The van der Waals surface area contributed by atoms with Crippen molar-refractivity contribution in [2.75, 3.05) is 0 Å². The van der Waals surface area contributed by atoms with Crippen molar-refractivity contribution in [2.24, 2.45) is 0 Å². The number of Topliss-reactive ketones (excluding diaryl/α,β-unsaturated/α-hetero) is 1. The van der Waals surface area contributed by atoms with Crippen molar-refractivity contribution in [3.8, 4) is 0 Å².